The Hall–Kier alpha value is -2.41. The van der Waals surface area contributed by atoms with Gasteiger partial charge in [-0.05, 0) is 25.0 Å². The fraction of sp³-hybridized carbons (Fsp3) is 0.400. The van der Waals surface area contributed by atoms with Crippen LogP contribution in [0.15, 0.2) is 22.6 Å². The molecule has 1 heterocycles. The lowest BCUT2D eigenvalue weighted by Crippen LogP contribution is -2.31. The molecule has 118 valence electrons. The first-order valence-corrected chi connectivity index (χ1v) is 7.01. The minimum absolute atomic E-state index is 0.0784. The van der Waals surface area contributed by atoms with Gasteiger partial charge < -0.3 is 14.5 Å². The Balaban J connectivity index is 1.92. The smallest absolute Gasteiger partial charge is 0.323 e. The maximum atomic E-state index is 11.5. The predicted molar refractivity (Wildman–Crippen MR) is 81.9 cm³/mol. The Morgan fingerprint density at radius 2 is 2.14 bits per heavy atom. The molecule has 2 N–H and O–H groups in total. The maximum absolute atomic E-state index is 11.5. The molecule has 0 aliphatic rings. The molecule has 7 heteroatoms. The molecule has 0 unspecified atom stereocenters. The summed E-state index contributed by atoms with van der Waals surface area (Å²) in [4.78, 5) is 11.5. The molecular weight excluding hydrogens is 284 g/mol. The van der Waals surface area contributed by atoms with Crippen LogP contribution in [0.5, 0.6) is 0 Å². The summed E-state index contributed by atoms with van der Waals surface area (Å²) < 4.78 is 10.3. The highest BCUT2D eigenvalue weighted by molar-refractivity contribution is 5.86. The Kier molecular flexibility index (Phi) is 5.48. The minimum Gasteiger partial charge on any atom is -0.407 e. The molecule has 0 aliphatic carbocycles. The Morgan fingerprint density at radius 1 is 1.32 bits per heavy atom. The topological polar surface area (TPSA) is 89.3 Å². The summed E-state index contributed by atoms with van der Waals surface area (Å²) in [5.74, 6) is 0.458. The van der Waals surface area contributed by atoms with Crippen LogP contribution < -0.4 is 10.6 Å². The number of nitrogens with zero attached hydrogens (tertiary/aromatic N) is 2. The molecule has 2 rings (SSSR count). The van der Waals surface area contributed by atoms with E-state index in [1.54, 1.807) is 7.11 Å². The van der Waals surface area contributed by atoms with Gasteiger partial charge >= 0.3 is 12.0 Å². The van der Waals surface area contributed by atoms with Gasteiger partial charge in [0.05, 0.1) is 13.0 Å². The number of carbonyl (C=O) groups is 1. The first-order valence-electron chi connectivity index (χ1n) is 7.01. The van der Waals surface area contributed by atoms with Crippen LogP contribution in [0.4, 0.5) is 10.8 Å². The summed E-state index contributed by atoms with van der Waals surface area (Å²) in [6.45, 7) is 4.94. The van der Waals surface area contributed by atoms with E-state index < -0.39 is 6.03 Å². The quantitative estimate of drug-likeness (QED) is 0.797. The van der Waals surface area contributed by atoms with Crippen molar-refractivity contribution in [1.82, 2.24) is 15.5 Å². The van der Waals surface area contributed by atoms with E-state index in [1.165, 1.54) is 11.1 Å². The fourth-order valence-corrected chi connectivity index (χ4v) is 1.99. The Bertz CT molecular complexity index is 639. The average molecular weight is 304 g/mol. The molecule has 1 aromatic heterocycles. The van der Waals surface area contributed by atoms with Gasteiger partial charge in [0.25, 0.3) is 0 Å². The maximum Gasteiger partial charge on any atom is 0.323 e. The number of aryl methyl sites for hydroxylation is 2. The fourth-order valence-electron chi connectivity index (χ4n) is 1.99. The van der Waals surface area contributed by atoms with E-state index in [0.717, 1.165) is 5.56 Å². The summed E-state index contributed by atoms with van der Waals surface area (Å²) in [7, 11) is 1.57. The number of amides is 2. The van der Waals surface area contributed by atoms with Crippen molar-refractivity contribution in [2.24, 2.45) is 0 Å². The highest BCUT2D eigenvalue weighted by Gasteiger charge is 2.11. The molecule has 0 spiro atoms. The third kappa shape index (κ3) is 4.56. The van der Waals surface area contributed by atoms with Gasteiger partial charge in [-0.1, -0.05) is 28.9 Å². The molecule has 22 heavy (non-hydrogen) atoms. The summed E-state index contributed by atoms with van der Waals surface area (Å²) >= 11 is 0. The standard InChI is InChI=1S/C15H20N4O3/c1-10-4-5-12(11(2)8-10)9-13-18-19-15(22-13)17-14(20)16-6-7-21-3/h4-5,8H,6-7,9H2,1-3H3,(H2,16,17,19,20). The van der Waals surface area contributed by atoms with Crippen molar-refractivity contribution in [1.29, 1.82) is 0 Å². The molecule has 0 saturated carbocycles. The second kappa shape index (κ2) is 7.56. The first-order chi connectivity index (χ1) is 10.6. The molecular formula is C15H20N4O3. The largest absolute Gasteiger partial charge is 0.407 e. The van der Waals surface area contributed by atoms with Crippen molar-refractivity contribution in [2.75, 3.05) is 25.6 Å². The molecule has 0 saturated heterocycles. The number of nitrogens with one attached hydrogen (secondary N) is 2. The second-order valence-electron chi connectivity index (χ2n) is 4.98. The van der Waals surface area contributed by atoms with E-state index in [9.17, 15) is 4.79 Å². The lowest BCUT2D eigenvalue weighted by Gasteiger charge is -2.04. The molecule has 0 atom stereocenters. The van der Waals surface area contributed by atoms with Crippen LogP contribution in [0, 0.1) is 13.8 Å². The first kappa shape index (κ1) is 16.0. The summed E-state index contributed by atoms with van der Waals surface area (Å²) in [6, 6.07) is 5.86. The van der Waals surface area contributed by atoms with Crippen LogP contribution >= 0.6 is 0 Å². The van der Waals surface area contributed by atoms with Gasteiger partial charge in [-0.15, -0.1) is 5.10 Å². The van der Waals surface area contributed by atoms with Crippen LogP contribution in [0.3, 0.4) is 0 Å². The zero-order chi connectivity index (χ0) is 15.9. The molecule has 0 bridgehead atoms. The number of rotatable bonds is 6. The van der Waals surface area contributed by atoms with E-state index in [0.29, 0.717) is 25.5 Å². The van der Waals surface area contributed by atoms with Gasteiger partial charge in [0.2, 0.25) is 5.89 Å². The number of methoxy groups -OCH3 is 1. The molecule has 2 amide bonds. The number of carbonyl (C=O) groups excluding carboxylic acids is 1. The minimum atomic E-state index is -0.404. The summed E-state index contributed by atoms with van der Waals surface area (Å²) in [5.41, 5.74) is 3.50. The Labute approximate surface area is 129 Å². The number of aromatic nitrogens is 2. The monoisotopic (exact) mass is 304 g/mol. The third-order valence-corrected chi connectivity index (χ3v) is 3.12. The number of hydrogen-bond acceptors (Lipinski definition) is 5. The molecule has 0 aliphatic heterocycles. The number of urea groups is 1. The third-order valence-electron chi connectivity index (χ3n) is 3.12. The highest BCUT2D eigenvalue weighted by atomic mass is 16.5. The van der Waals surface area contributed by atoms with E-state index in [2.05, 4.69) is 26.9 Å². The van der Waals surface area contributed by atoms with Crippen molar-refractivity contribution in [3.05, 3.63) is 40.8 Å². The number of benzene rings is 1. The van der Waals surface area contributed by atoms with Crippen LogP contribution in [0.1, 0.15) is 22.6 Å². The zero-order valence-electron chi connectivity index (χ0n) is 13.0. The van der Waals surface area contributed by atoms with Crippen molar-refractivity contribution >= 4 is 12.0 Å². The number of hydrogen-bond donors (Lipinski definition) is 2. The van der Waals surface area contributed by atoms with E-state index in [4.69, 9.17) is 9.15 Å². The Morgan fingerprint density at radius 3 is 2.86 bits per heavy atom. The van der Waals surface area contributed by atoms with Crippen molar-refractivity contribution in [3.8, 4) is 0 Å². The van der Waals surface area contributed by atoms with E-state index in [-0.39, 0.29) is 6.01 Å². The lowest BCUT2D eigenvalue weighted by atomic mass is 10.0. The predicted octanol–water partition coefficient (Wildman–Crippen LogP) is 2.05. The van der Waals surface area contributed by atoms with Crippen molar-refractivity contribution < 1.29 is 13.9 Å². The lowest BCUT2D eigenvalue weighted by molar-refractivity contribution is 0.198. The van der Waals surface area contributed by atoms with Gasteiger partial charge in [-0.3, -0.25) is 5.32 Å². The number of anilines is 1. The van der Waals surface area contributed by atoms with Gasteiger partial charge in [0.15, 0.2) is 0 Å². The molecule has 7 nitrogen and oxygen atoms in total. The molecule has 2 aromatic rings. The normalized spacial score (nSPS) is 10.5. The molecule has 0 radical (unpaired) electrons. The van der Waals surface area contributed by atoms with E-state index in [1.807, 2.05) is 26.0 Å². The molecule has 1 aromatic carbocycles. The van der Waals surface area contributed by atoms with Crippen molar-refractivity contribution in [2.45, 2.75) is 20.3 Å². The SMILES string of the molecule is COCCNC(=O)Nc1nnc(Cc2ccc(C)cc2C)o1. The van der Waals surface area contributed by atoms with Gasteiger partial charge in [-0.25, -0.2) is 4.79 Å². The zero-order valence-corrected chi connectivity index (χ0v) is 13.0. The molecule has 0 fully saturated rings. The average Bonchev–Trinajstić information content (AvgIpc) is 2.89. The highest BCUT2D eigenvalue weighted by Crippen LogP contribution is 2.16. The summed E-state index contributed by atoms with van der Waals surface area (Å²) in [5, 5.41) is 12.8. The number of ether oxygens (including phenoxy) is 1. The van der Waals surface area contributed by atoms with Crippen molar-refractivity contribution in [3.63, 3.8) is 0 Å². The van der Waals surface area contributed by atoms with Gasteiger partial charge in [0.1, 0.15) is 0 Å². The van der Waals surface area contributed by atoms with E-state index >= 15 is 0 Å². The second-order valence-corrected chi connectivity index (χ2v) is 4.98. The van der Waals surface area contributed by atoms with Crippen LogP contribution in [0.25, 0.3) is 0 Å². The van der Waals surface area contributed by atoms with Crippen LogP contribution in [0.2, 0.25) is 0 Å². The van der Waals surface area contributed by atoms with Crippen LogP contribution in [-0.4, -0.2) is 36.5 Å². The van der Waals surface area contributed by atoms with Gasteiger partial charge in [-0.2, -0.15) is 0 Å². The van der Waals surface area contributed by atoms with Gasteiger partial charge in [0, 0.05) is 13.7 Å². The van der Waals surface area contributed by atoms with Crippen LogP contribution in [-0.2, 0) is 11.2 Å². The summed E-state index contributed by atoms with van der Waals surface area (Å²) in [6.07, 6.45) is 0.534.